The lowest BCUT2D eigenvalue weighted by molar-refractivity contribution is 0.221. The molecule has 0 spiro atoms. The van der Waals surface area contributed by atoms with Crippen LogP contribution < -0.4 is 5.63 Å². The van der Waals surface area contributed by atoms with Crippen LogP contribution in [0.25, 0.3) is 11.0 Å². The van der Waals surface area contributed by atoms with E-state index in [1.165, 1.54) is 18.2 Å². The number of hydrogen-bond donors (Lipinski definition) is 2. The van der Waals surface area contributed by atoms with Crippen LogP contribution in [0.3, 0.4) is 0 Å². The number of benzene rings is 1. The van der Waals surface area contributed by atoms with Gasteiger partial charge in [-0.3, -0.25) is 4.90 Å². The first kappa shape index (κ1) is 14.8. The summed E-state index contributed by atoms with van der Waals surface area (Å²) in [5, 5.41) is 20.0. The molecule has 1 fully saturated rings. The third-order valence-corrected chi connectivity index (χ3v) is 4.53. The fourth-order valence-corrected chi connectivity index (χ4v) is 3.42. The van der Waals surface area contributed by atoms with Gasteiger partial charge >= 0.3 is 5.63 Å². The average molecular weight is 327 g/mol. The van der Waals surface area contributed by atoms with Crippen LogP contribution in [0.4, 0.5) is 0 Å². The lowest BCUT2D eigenvalue weighted by Gasteiger charge is -2.23. The summed E-state index contributed by atoms with van der Waals surface area (Å²) in [6, 6.07) is 8.15. The van der Waals surface area contributed by atoms with E-state index in [4.69, 9.17) is 8.83 Å². The first-order valence-electron chi connectivity index (χ1n) is 7.88. The van der Waals surface area contributed by atoms with Crippen molar-refractivity contribution in [2.24, 2.45) is 0 Å². The molecule has 1 aliphatic heterocycles. The van der Waals surface area contributed by atoms with Crippen molar-refractivity contribution in [3.05, 3.63) is 58.3 Å². The van der Waals surface area contributed by atoms with E-state index in [9.17, 15) is 15.0 Å². The molecule has 4 rings (SSSR count). The van der Waals surface area contributed by atoms with E-state index in [-0.39, 0.29) is 23.1 Å². The lowest BCUT2D eigenvalue weighted by Crippen LogP contribution is -2.23. The predicted molar refractivity (Wildman–Crippen MR) is 86.9 cm³/mol. The average Bonchev–Trinajstić information content (AvgIpc) is 3.20. The standard InChI is InChI=1S/C18H17NO5/c20-14-8-12-11(7-18(22)24-17(12)9-15(14)21)10-19-5-1-3-13(19)16-4-2-6-23-16/h2,4,6-9,13,20-21H,1,3,5,10H2. The molecule has 1 saturated heterocycles. The van der Waals surface area contributed by atoms with Gasteiger partial charge in [-0.1, -0.05) is 0 Å². The number of likely N-dealkylation sites (tertiary alicyclic amines) is 1. The van der Waals surface area contributed by atoms with Gasteiger partial charge in [0, 0.05) is 24.1 Å². The van der Waals surface area contributed by atoms with Gasteiger partial charge in [-0.15, -0.1) is 0 Å². The lowest BCUT2D eigenvalue weighted by atomic mass is 10.1. The van der Waals surface area contributed by atoms with Gasteiger partial charge in [0.1, 0.15) is 11.3 Å². The number of nitrogens with zero attached hydrogens (tertiary/aromatic N) is 1. The predicted octanol–water partition coefficient (Wildman–Crippen LogP) is 3.13. The molecule has 0 amide bonds. The molecule has 1 aliphatic rings. The van der Waals surface area contributed by atoms with Crippen LogP contribution in [0.5, 0.6) is 11.5 Å². The van der Waals surface area contributed by atoms with Crippen LogP contribution in [0.15, 0.2) is 50.2 Å². The Kier molecular flexibility index (Phi) is 3.54. The molecule has 3 heterocycles. The molecule has 124 valence electrons. The fourth-order valence-electron chi connectivity index (χ4n) is 3.42. The highest BCUT2D eigenvalue weighted by molar-refractivity contribution is 5.83. The smallest absolute Gasteiger partial charge is 0.336 e. The Morgan fingerprint density at radius 3 is 2.83 bits per heavy atom. The summed E-state index contributed by atoms with van der Waals surface area (Å²) in [4.78, 5) is 14.1. The Balaban J connectivity index is 1.74. The van der Waals surface area contributed by atoms with Gasteiger partial charge in [0.15, 0.2) is 11.5 Å². The zero-order valence-corrected chi connectivity index (χ0v) is 12.9. The van der Waals surface area contributed by atoms with Crippen molar-refractivity contribution in [3.63, 3.8) is 0 Å². The number of rotatable bonds is 3. The molecule has 6 heteroatoms. The van der Waals surface area contributed by atoms with Crippen molar-refractivity contribution in [1.29, 1.82) is 0 Å². The number of phenols is 2. The quantitative estimate of drug-likeness (QED) is 0.568. The summed E-state index contributed by atoms with van der Waals surface area (Å²) in [5.41, 5.74) is 0.549. The first-order chi connectivity index (χ1) is 11.6. The summed E-state index contributed by atoms with van der Waals surface area (Å²) in [6.07, 6.45) is 3.72. The highest BCUT2D eigenvalue weighted by Crippen LogP contribution is 2.36. The van der Waals surface area contributed by atoms with Crippen molar-refractivity contribution in [1.82, 2.24) is 4.90 Å². The van der Waals surface area contributed by atoms with E-state index in [0.29, 0.717) is 11.9 Å². The maximum absolute atomic E-state index is 11.8. The van der Waals surface area contributed by atoms with E-state index in [1.807, 2.05) is 12.1 Å². The number of hydrogen-bond acceptors (Lipinski definition) is 6. The molecule has 0 saturated carbocycles. The van der Waals surface area contributed by atoms with E-state index < -0.39 is 5.63 Å². The normalized spacial score (nSPS) is 18.4. The molecule has 3 aromatic rings. The van der Waals surface area contributed by atoms with Gasteiger partial charge in [0.2, 0.25) is 0 Å². The van der Waals surface area contributed by atoms with Crippen molar-refractivity contribution in [2.75, 3.05) is 6.54 Å². The molecule has 0 aliphatic carbocycles. The summed E-state index contributed by atoms with van der Waals surface area (Å²) in [6.45, 7) is 1.44. The van der Waals surface area contributed by atoms with Crippen LogP contribution in [-0.4, -0.2) is 21.7 Å². The maximum Gasteiger partial charge on any atom is 0.336 e. The molecule has 6 nitrogen and oxygen atoms in total. The number of furan rings is 1. The van der Waals surface area contributed by atoms with Gasteiger partial charge < -0.3 is 19.0 Å². The van der Waals surface area contributed by atoms with Gasteiger partial charge in [0.05, 0.1) is 12.3 Å². The number of aromatic hydroxyl groups is 2. The minimum Gasteiger partial charge on any atom is -0.504 e. The molecule has 1 aromatic carbocycles. The second kappa shape index (κ2) is 5.72. The Hall–Kier alpha value is -2.73. The van der Waals surface area contributed by atoms with E-state index in [1.54, 1.807) is 6.26 Å². The maximum atomic E-state index is 11.8. The van der Waals surface area contributed by atoms with Crippen LogP contribution in [0.2, 0.25) is 0 Å². The summed E-state index contributed by atoms with van der Waals surface area (Å²) in [7, 11) is 0. The van der Waals surface area contributed by atoms with Crippen molar-refractivity contribution < 1.29 is 19.0 Å². The van der Waals surface area contributed by atoms with Crippen LogP contribution in [0, 0.1) is 0 Å². The minimum atomic E-state index is -0.476. The molecular weight excluding hydrogens is 310 g/mol. The monoisotopic (exact) mass is 327 g/mol. The molecular formula is C18H17NO5. The zero-order chi connectivity index (χ0) is 16.7. The summed E-state index contributed by atoms with van der Waals surface area (Å²) in [5.74, 6) is 0.374. The Morgan fingerprint density at radius 2 is 2.04 bits per heavy atom. The van der Waals surface area contributed by atoms with Gasteiger partial charge in [0.25, 0.3) is 0 Å². The molecule has 1 unspecified atom stereocenters. The Labute approximate surface area is 137 Å². The van der Waals surface area contributed by atoms with Crippen LogP contribution in [0.1, 0.15) is 30.2 Å². The second-order valence-corrected chi connectivity index (χ2v) is 6.07. The Morgan fingerprint density at radius 1 is 1.21 bits per heavy atom. The van der Waals surface area contributed by atoms with Gasteiger partial charge in [-0.05, 0) is 43.1 Å². The third kappa shape index (κ3) is 2.55. The zero-order valence-electron chi connectivity index (χ0n) is 12.9. The van der Waals surface area contributed by atoms with Gasteiger partial charge in [-0.25, -0.2) is 4.79 Å². The third-order valence-electron chi connectivity index (χ3n) is 4.53. The molecule has 1 atom stereocenters. The van der Waals surface area contributed by atoms with E-state index in [0.717, 1.165) is 30.7 Å². The van der Waals surface area contributed by atoms with E-state index >= 15 is 0 Å². The molecule has 2 aromatic heterocycles. The summed E-state index contributed by atoms with van der Waals surface area (Å²) < 4.78 is 10.7. The van der Waals surface area contributed by atoms with Crippen LogP contribution >= 0.6 is 0 Å². The fraction of sp³-hybridized carbons (Fsp3) is 0.278. The van der Waals surface area contributed by atoms with Crippen molar-refractivity contribution in [3.8, 4) is 11.5 Å². The SMILES string of the molecule is O=c1cc(CN2CCCC2c2ccco2)c2cc(O)c(O)cc2o1. The second-order valence-electron chi connectivity index (χ2n) is 6.07. The molecule has 0 radical (unpaired) electrons. The summed E-state index contributed by atoms with van der Waals surface area (Å²) >= 11 is 0. The first-order valence-corrected chi connectivity index (χ1v) is 7.88. The number of fused-ring (bicyclic) bond motifs is 1. The number of phenolic OH excluding ortho intramolecular Hbond substituents is 2. The Bertz CT molecular complexity index is 928. The van der Waals surface area contributed by atoms with E-state index in [2.05, 4.69) is 4.90 Å². The molecule has 24 heavy (non-hydrogen) atoms. The van der Waals surface area contributed by atoms with Crippen molar-refractivity contribution in [2.45, 2.75) is 25.4 Å². The van der Waals surface area contributed by atoms with Gasteiger partial charge in [-0.2, -0.15) is 0 Å². The highest BCUT2D eigenvalue weighted by Gasteiger charge is 2.28. The molecule has 2 N–H and O–H groups in total. The largest absolute Gasteiger partial charge is 0.504 e. The van der Waals surface area contributed by atoms with Crippen molar-refractivity contribution >= 4 is 11.0 Å². The highest BCUT2D eigenvalue weighted by atomic mass is 16.4. The minimum absolute atomic E-state index is 0.174. The topological polar surface area (TPSA) is 87.1 Å². The van der Waals surface area contributed by atoms with Crippen LogP contribution in [-0.2, 0) is 6.54 Å². The molecule has 0 bridgehead atoms.